The van der Waals surface area contributed by atoms with Crippen LogP contribution < -0.4 is 4.91 Å². The highest BCUT2D eigenvalue weighted by Gasteiger charge is 3.04. The van der Waals surface area contributed by atoms with Gasteiger partial charge in [0.25, 0.3) is 0 Å². The molecule has 58 nitrogen and oxygen atoms in total. The van der Waals surface area contributed by atoms with Gasteiger partial charge in [-0.15, -0.1) is 11.5 Å². The number of unbranched alkanes of at least 4 members (excludes halogenated alkanes) is 2. The van der Waals surface area contributed by atoms with Crippen LogP contribution >= 0.6 is 0 Å². The summed E-state index contributed by atoms with van der Waals surface area (Å²) < 4.78 is 183. The molecule has 21 N–H and O–H groups in total. The monoisotopic (exact) mass is 2410 g/mol. The number of aromatic nitrogens is 3. The van der Waals surface area contributed by atoms with Gasteiger partial charge in [0.1, 0.15) is 65.6 Å². The third-order valence-electron chi connectivity index (χ3n) is 31.0. The second-order valence-electron chi connectivity index (χ2n) is 42.4. The van der Waals surface area contributed by atoms with Crippen LogP contribution in [0.5, 0.6) is 0 Å². The summed E-state index contributed by atoms with van der Waals surface area (Å²) in [6.45, 7) is 38.6. The lowest BCUT2D eigenvalue weighted by Gasteiger charge is -2.53. The predicted octanol–water partition coefficient (Wildman–Crippen LogP) is -7.20. The molecule has 1 aromatic heterocycles. The van der Waals surface area contributed by atoms with Gasteiger partial charge < -0.3 is 224 Å². The minimum atomic E-state index is -5.31. The summed E-state index contributed by atoms with van der Waals surface area (Å²) >= 11 is 0. The van der Waals surface area contributed by atoms with E-state index in [0.717, 1.165) is 0 Å². The first-order valence-corrected chi connectivity index (χ1v) is 96.4. The van der Waals surface area contributed by atoms with Crippen LogP contribution in [0.3, 0.4) is 0 Å². The van der Waals surface area contributed by atoms with Crippen molar-refractivity contribution in [1.82, 2.24) is 19.9 Å². The van der Waals surface area contributed by atoms with Crippen molar-refractivity contribution >= 4 is 221 Å². The Morgan fingerprint density at radius 3 is 0.800 bits per heavy atom. The number of nitrogens with one attached hydrogen (secondary N) is 1. The Labute approximate surface area is 828 Å². The Balaban J connectivity index is 0.000000177. The SMILES string of the molecule is C#CCOC(=O)CCCC[Si]12OC34C(C)(O[Si](O)(O)O1)[Si](C)(C)O[Si]3(O)O[Si](C)(C)C4(C)O[Si](O)(O)O2.CC12O[Si](O)(O)O[Si]3(CCCCC(=O)OCc4cnnn4CCC[Si]45OC67C(C)(O[Si](O)(O)O4)[Si](C)(C)O[Si]6(O)O[Si](C)(C)C7(C)O[Si](O)(O)O5)OC14C(C)(O[Si](O)(O)O3)[Si](C)(C)O[Si]4(O)O[Si]2(C)C.CC12O[Si](O)(O)O[Si]3(CCCN=[N+]=N)OC14C(C)(O[Si](O)(O)O3)[Si](C)(C)O[Si]4(O)O[Si]2(C)C. The molecule has 8 atom stereocenters. The number of ether oxygens (including phenoxy) is 2. The summed E-state index contributed by atoms with van der Waals surface area (Å²) in [5.41, 5.74) is 7.13. The molecule has 140 heavy (non-hydrogen) atoms. The van der Waals surface area contributed by atoms with E-state index in [0.29, 0.717) is 5.69 Å². The van der Waals surface area contributed by atoms with Gasteiger partial charge in [0.05, 0.1) is 11.9 Å². The molecule has 0 aliphatic carbocycles. The van der Waals surface area contributed by atoms with Crippen LogP contribution in [0, 0.1) is 17.9 Å². The average Bonchev–Trinajstić information content (AvgIpc) is 1.47. The summed E-state index contributed by atoms with van der Waals surface area (Å²) in [5, 5.41) is -10.9. The first-order chi connectivity index (χ1) is 62.9. The molecule has 4 spiro atoms. The number of esters is 2. The van der Waals surface area contributed by atoms with Crippen LogP contribution in [-0.2, 0) is 151 Å². The van der Waals surface area contributed by atoms with Crippen LogP contribution in [-0.4, -0.2) is 408 Å². The molecule has 0 aromatic carbocycles. The number of nitrogens with zero attached hydrogens (tertiary/aromatic N) is 5. The Bertz CT molecular complexity index is 4990. The third-order valence-corrected chi connectivity index (χ3v) is 121. The summed E-state index contributed by atoms with van der Waals surface area (Å²) in [4.78, 5) is 256. The van der Waals surface area contributed by atoms with Gasteiger partial charge in [-0.05, 0) is 199 Å². The molecule has 17 rings (SSSR count). The highest BCUT2D eigenvalue weighted by Crippen LogP contribution is 2.74. The number of carbonyl (C=O) groups is 2. The predicted molar refractivity (Wildman–Crippen MR) is 503 cm³/mol. The van der Waals surface area contributed by atoms with Crippen molar-refractivity contribution in [3.05, 3.63) is 11.9 Å². The highest BCUT2D eigenvalue weighted by atomic mass is 28.5. The van der Waals surface area contributed by atoms with Crippen LogP contribution in [0.4, 0.5) is 0 Å². The molecule has 0 radical (unpaired) electrons. The number of rotatable bonds is 21. The van der Waals surface area contributed by atoms with Crippen LogP contribution in [0.2, 0.25) is 129 Å². The molecule has 16 aliphatic heterocycles. The highest BCUT2D eigenvalue weighted by molar-refractivity contribution is 7.04. The quantitative estimate of drug-likeness (QED) is 0.0136. The molecule has 8 bridgehead atoms. The van der Waals surface area contributed by atoms with E-state index in [1.165, 1.54) is 66.3 Å². The lowest BCUT2D eigenvalue weighted by Crippen LogP contribution is -2.80. The molecular weight excluding hydrogens is 2290 g/mol. The molecule has 0 amide bonds. The molecule has 0 saturated carbocycles. The number of aryl methyl sites for hydroxylation is 1. The number of hydrogen-bond acceptors (Lipinski definition) is 56. The van der Waals surface area contributed by atoms with Gasteiger partial charge in [0.15, 0.2) is 27.5 Å². The fourth-order valence-electron chi connectivity index (χ4n) is 23.2. The van der Waals surface area contributed by atoms with Crippen molar-refractivity contribution in [2.75, 3.05) is 13.2 Å². The maximum Gasteiger partial charge on any atom is 0.667 e. The molecule has 16 fully saturated rings. The lowest BCUT2D eigenvalue weighted by atomic mass is 10.1. The second-order valence-corrected chi connectivity index (χ2v) is 113. The van der Waals surface area contributed by atoms with Gasteiger partial charge in [-0.2, -0.15) is 0 Å². The van der Waals surface area contributed by atoms with Gasteiger partial charge in [-0.3, -0.25) is 9.59 Å². The normalized spacial score (nSPS) is 46.5. The van der Waals surface area contributed by atoms with E-state index in [4.69, 9.17) is 140 Å². The lowest BCUT2D eigenvalue weighted by molar-refractivity contribution is -0.145. The zero-order valence-corrected chi connectivity index (χ0v) is 105. The zero-order valence-electron chi connectivity index (χ0n) is 81.2. The van der Waals surface area contributed by atoms with E-state index < -0.39 is 284 Å². The minimum absolute atomic E-state index is 0.00525. The van der Waals surface area contributed by atoms with Gasteiger partial charge in [0.2, 0.25) is 71.5 Å². The van der Waals surface area contributed by atoms with E-state index in [9.17, 15) is 106 Å². The Hall–Kier alpha value is 0.235. The summed E-state index contributed by atoms with van der Waals surface area (Å²) in [5.74, 6) is 0.972. The Morgan fingerprint density at radius 2 is 0.571 bits per heavy atom. The van der Waals surface area contributed by atoms with Crippen molar-refractivity contribution in [1.29, 1.82) is 5.53 Å². The number of hydrogen-bond donors (Lipinski definition) is 21. The summed E-state index contributed by atoms with van der Waals surface area (Å²) in [7, 11) is -105. The fourth-order valence-corrected chi connectivity index (χ4v) is 134. The topological polar surface area (TPSA) is 797 Å². The largest absolute Gasteiger partial charge is 0.667 e. The third kappa shape index (κ3) is 16.5. The molecule has 796 valence electrons. The maximum absolute atomic E-state index is 13.2. The van der Waals surface area contributed by atoms with Gasteiger partial charge in [-0.25, -0.2) is 4.68 Å². The van der Waals surface area contributed by atoms with Crippen molar-refractivity contribution in [3.8, 4) is 12.3 Å². The average molecular weight is 2410 g/mol. The molecule has 8 unspecified atom stereocenters. The minimum Gasteiger partial charge on any atom is -0.459 e. The zero-order chi connectivity index (χ0) is 105. The number of fused-ring (bicyclic) bond motifs is 4. The van der Waals surface area contributed by atoms with E-state index in [-0.39, 0.29) is 102 Å². The van der Waals surface area contributed by atoms with Crippen molar-refractivity contribution in [2.45, 2.75) is 312 Å². The van der Waals surface area contributed by atoms with E-state index in [2.05, 4.69) is 26.3 Å². The molecule has 1 aromatic rings. The second kappa shape index (κ2) is 33.9. The molecule has 16 aliphatic rings. The van der Waals surface area contributed by atoms with E-state index in [1.807, 2.05) is 0 Å². The van der Waals surface area contributed by atoms with Crippen molar-refractivity contribution in [3.63, 3.8) is 0 Å². The van der Waals surface area contributed by atoms with Crippen molar-refractivity contribution in [2.24, 2.45) is 5.11 Å². The van der Waals surface area contributed by atoms with E-state index >= 15 is 0 Å². The van der Waals surface area contributed by atoms with Gasteiger partial charge in [-0.1, -0.05) is 11.1 Å². The van der Waals surface area contributed by atoms with Crippen LogP contribution in [0.1, 0.15) is 112 Å². The standard InChI is InChI=1S/C29H63N3O26Si12.C17H34O14Si6.C12H30N3O12Si6/c1-24-28-25(2,60(7,8)52-65(28,34)51-59(24,5)6)46-68(38,39)56-63(49-28,55-67(36,37)45-24)18-14-13-16-23(33)44-21-22-20-30-31-32(22)17-15-19-64-50-29-26(3,47-69(40,41)57-64)61(9,10)53-66(29,35)54-62(11,12)27(29,4)48-70(42,43)58-64;1-8-12-24-14(18)11-9-10-13-34-27-17-15(2,25-36(20,21)30-34)32(4,5)28-35(17,19)29-33(6,7)16(17,3)26-37(22,23)31-34;1-10-12-11(2,29(5,6)25-31(12,16)24-28(10,3)4)22-33(19,20)27-30(23-12,9-7-8-14-15-13)26-32(17,18)21-10/h20,34-43H,13-19,21H2,1-12H3;1,19-23H,9-13H2,2-7H3;13,16-20H,7-9H2,1-6H3/q;;+1. The maximum atomic E-state index is 13.2. The van der Waals surface area contributed by atoms with Crippen LogP contribution in [0.25, 0.3) is 0 Å². The van der Waals surface area contributed by atoms with Gasteiger partial charge in [0, 0.05) is 43.6 Å². The number of carbonyl (C=O) groups excluding carboxylic acids is 2. The fraction of sp³-hybridized carbons (Fsp3) is 0.897. The van der Waals surface area contributed by atoms with Crippen molar-refractivity contribution < 1.29 is 234 Å². The Kier molecular flexibility index (Phi) is 27.7. The number of terminal acetylenes is 1. The molecule has 16 saturated heterocycles. The molecular formula is C58H127N6O52Si24+. The first kappa shape index (κ1) is 114. The smallest absolute Gasteiger partial charge is 0.459 e. The van der Waals surface area contributed by atoms with Crippen LogP contribution in [0.15, 0.2) is 11.3 Å². The van der Waals surface area contributed by atoms with Gasteiger partial charge >= 0.3 is 155 Å². The Morgan fingerprint density at radius 1 is 0.350 bits per heavy atom. The summed E-state index contributed by atoms with van der Waals surface area (Å²) in [6.07, 6.45) is 6.75. The molecule has 17 heterocycles. The first-order valence-electron chi connectivity index (χ1n) is 44.6. The van der Waals surface area contributed by atoms with E-state index in [1.54, 1.807) is 105 Å². The summed E-state index contributed by atoms with van der Waals surface area (Å²) in [6, 6.07) is -1.05. The molecule has 82 heteroatoms.